The van der Waals surface area contributed by atoms with E-state index in [2.05, 4.69) is 27.5 Å². The SMILES string of the molecule is C=CCn1c(SCc2csc(CC(=O)Nc3cc(C)ccc3C)n2)nc2ccccc21. The maximum atomic E-state index is 12.5. The highest BCUT2D eigenvalue weighted by molar-refractivity contribution is 7.98. The maximum absolute atomic E-state index is 12.5. The molecule has 31 heavy (non-hydrogen) atoms. The lowest BCUT2D eigenvalue weighted by molar-refractivity contribution is -0.115. The van der Waals surface area contributed by atoms with E-state index in [9.17, 15) is 4.79 Å². The Hall–Kier alpha value is -2.90. The largest absolute Gasteiger partial charge is 0.325 e. The van der Waals surface area contributed by atoms with Crippen LogP contribution in [0.5, 0.6) is 0 Å². The summed E-state index contributed by atoms with van der Waals surface area (Å²) in [6, 6.07) is 14.2. The van der Waals surface area contributed by atoms with Gasteiger partial charge in [0.15, 0.2) is 5.16 Å². The molecule has 1 N–H and O–H groups in total. The molecule has 158 valence electrons. The number of aromatic nitrogens is 3. The minimum Gasteiger partial charge on any atom is -0.325 e. The summed E-state index contributed by atoms with van der Waals surface area (Å²) in [5.74, 6) is 0.658. The summed E-state index contributed by atoms with van der Waals surface area (Å²) in [7, 11) is 0. The number of aryl methyl sites for hydroxylation is 2. The summed E-state index contributed by atoms with van der Waals surface area (Å²) in [6.07, 6.45) is 2.16. The van der Waals surface area contributed by atoms with Crippen molar-refractivity contribution in [3.05, 3.63) is 82.3 Å². The standard InChI is InChI=1S/C24H24N4OS2/c1-4-11-28-21-8-6-5-7-19(21)27-24(28)31-15-18-14-30-23(25-18)13-22(29)26-20-12-16(2)9-10-17(20)3/h4-10,12,14H,1,11,13,15H2,2-3H3,(H,26,29). The topological polar surface area (TPSA) is 59.8 Å². The van der Waals surface area contributed by atoms with Crippen molar-refractivity contribution in [1.82, 2.24) is 14.5 Å². The molecule has 2 aromatic heterocycles. The molecule has 0 saturated heterocycles. The molecule has 4 aromatic rings. The highest BCUT2D eigenvalue weighted by atomic mass is 32.2. The number of hydrogen-bond acceptors (Lipinski definition) is 5. The number of rotatable bonds is 8. The molecule has 1 amide bonds. The van der Waals surface area contributed by atoms with Crippen LogP contribution in [0.25, 0.3) is 11.0 Å². The van der Waals surface area contributed by atoms with E-state index >= 15 is 0 Å². The van der Waals surface area contributed by atoms with Gasteiger partial charge in [0.2, 0.25) is 5.91 Å². The molecule has 7 heteroatoms. The number of anilines is 1. The van der Waals surface area contributed by atoms with Crippen molar-refractivity contribution in [2.75, 3.05) is 5.32 Å². The molecule has 4 rings (SSSR count). The molecule has 0 unspecified atom stereocenters. The average Bonchev–Trinajstić information content (AvgIpc) is 3.34. The molecule has 0 saturated carbocycles. The highest BCUT2D eigenvalue weighted by Crippen LogP contribution is 2.27. The van der Waals surface area contributed by atoms with E-state index in [1.807, 2.05) is 61.7 Å². The van der Waals surface area contributed by atoms with E-state index in [0.29, 0.717) is 12.3 Å². The molecule has 0 fully saturated rings. The summed E-state index contributed by atoms with van der Waals surface area (Å²) < 4.78 is 2.16. The van der Waals surface area contributed by atoms with Crippen LogP contribution in [0.15, 0.2) is 65.7 Å². The van der Waals surface area contributed by atoms with Crippen LogP contribution in [0.2, 0.25) is 0 Å². The minimum atomic E-state index is -0.0463. The predicted octanol–water partition coefficient (Wildman–Crippen LogP) is 5.77. The van der Waals surface area contributed by atoms with E-state index < -0.39 is 0 Å². The zero-order valence-electron chi connectivity index (χ0n) is 17.6. The lowest BCUT2D eigenvalue weighted by Crippen LogP contribution is -2.15. The van der Waals surface area contributed by atoms with E-state index in [1.165, 1.54) is 11.3 Å². The Bertz CT molecular complexity index is 1240. The lowest BCUT2D eigenvalue weighted by Gasteiger charge is -2.08. The van der Waals surface area contributed by atoms with Crippen LogP contribution >= 0.6 is 23.1 Å². The summed E-state index contributed by atoms with van der Waals surface area (Å²) in [5, 5.41) is 6.79. The summed E-state index contributed by atoms with van der Waals surface area (Å²) in [5.41, 5.74) is 6.08. The van der Waals surface area contributed by atoms with Gasteiger partial charge in [-0.25, -0.2) is 9.97 Å². The van der Waals surface area contributed by atoms with Gasteiger partial charge in [-0.05, 0) is 43.2 Å². The summed E-state index contributed by atoms with van der Waals surface area (Å²) in [4.78, 5) is 21.9. The molecule has 0 aliphatic rings. The van der Waals surface area contributed by atoms with Crippen LogP contribution < -0.4 is 5.32 Å². The van der Waals surface area contributed by atoms with Crippen molar-refractivity contribution >= 4 is 45.7 Å². The Kier molecular flexibility index (Phi) is 6.53. The van der Waals surface area contributed by atoms with Gasteiger partial charge in [-0.3, -0.25) is 4.79 Å². The zero-order valence-corrected chi connectivity index (χ0v) is 19.2. The van der Waals surface area contributed by atoms with Crippen LogP contribution in [0.4, 0.5) is 5.69 Å². The zero-order chi connectivity index (χ0) is 21.8. The van der Waals surface area contributed by atoms with Crippen LogP contribution in [0.1, 0.15) is 21.8 Å². The highest BCUT2D eigenvalue weighted by Gasteiger charge is 2.13. The fourth-order valence-corrected chi connectivity index (χ4v) is 5.12. The predicted molar refractivity (Wildman–Crippen MR) is 130 cm³/mol. The van der Waals surface area contributed by atoms with E-state index in [1.54, 1.807) is 11.8 Å². The second-order valence-corrected chi connectivity index (χ2v) is 9.23. The van der Waals surface area contributed by atoms with Gasteiger partial charge in [-0.2, -0.15) is 0 Å². The van der Waals surface area contributed by atoms with Gasteiger partial charge in [0.05, 0.1) is 23.1 Å². The molecule has 0 spiro atoms. The Morgan fingerprint density at radius 1 is 1.23 bits per heavy atom. The molecule has 2 aromatic carbocycles. The molecule has 0 bridgehead atoms. The number of nitrogens with zero attached hydrogens (tertiary/aromatic N) is 3. The fourth-order valence-electron chi connectivity index (χ4n) is 3.31. The van der Waals surface area contributed by atoms with Gasteiger partial charge >= 0.3 is 0 Å². The van der Waals surface area contributed by atoms with Crippen molar-refractivity contribution < 1.29 is 4.79 Å². The Labute approximate surface area is 190 Å². The number of para-hydroxylation sites is 2. The van der Waals surface area contributed by atoms with Crippen molar-refractivity contribution in [3.8, 4) is 0 Å². The third-order valence-electron chi connectivity index (χ3n) is 4.86. The summed E-state index contributed by atoms with van der Waals surface area (Å²) in [6.45, 7) is 8.59. The van der Waals surface area contributed by atoms with Crippen LogP contribution in [0, 0.1) is 13.8 Å². The van der Waals surface area contributed by atoms with Crippen LogP contribution in [0.3, 0.4) is 0 Å². The van der Waals surface area contributed by atoms with Gasteiger partial charge in [0, 0.05) is 23.4 Å². The van der Waals surface area contributed by atoms with Crippen molar-refractivity contribution in [2.45, 2.75) is 37.7 Å². The minimum absolute atomic E-state index is 0.0463. The first kappa shape index (κ1) is 21.3. The van der Waals surface area contributed by atoms with Crippen molar-refractivity contribution in [1.29, 1.82) is 0 Å². The third kappa shape index (κ3) is 5.06. The molecule has 0 atom stereocenters. The second kappa shape index (κ2) is 9.49. The fraction of sp³-hybridized carbons (Fsp3) is 0.208. The monoisotopic (exact) mass is 448 g/mol. The second-order valence-electron chi connectivity index (χ2n) is 7.35. The first-order valence-electron chi connectivity index (χ1n) is 10.0. The number of thiazole rings is 1. The number of hydrogen-bond donors (Lipinski definition) is 1. The Morgan fingerprint density at radius 2 is 2.06 bits per heavy atom. The smallest absolute Gasteiger partial charge is 0.231 e. The number of nitrogens with one attached hydrogen (secondary N) is 1. The Balaban J connectivity index is 1.40. The van der Waals surface area contributed by atoms with Gasteiger partial charge < -0.3 is 9.88 Å². The average molecular weight is 449 g/mol. The maximum Gasteiger partial charge on any atom is 0.231 e. The molecule has 5 nitrogen and oxygen atoms in total. The number of carbonyl (C=O) groups is 1. The van der Waals surface area contributed by atoms with Gasteiger partial charge in [-0.15, -0.1) is 17.9 Å². The van der Waals surface area contributed by atoms with E-state index in [0.717, 1.165) is 43.7 Å². The number of allylic oxidation sites excluding steroid dienone is 1. The Morgan fingerprint density at radius 3 is 2.90 bits per heavy atom. The molecule has 0 aliphatic carbocycles. The normalized spacial score (nSPS) is 11.0. The van der Waals surface area contributed by atoms with Crippen molar-refractivity contribution in [2.24, 2.45) is 0 Å². The van der Waals surface area contributed by atoms with Crippen LogP contribution in [-0.4, -0.2) is 20.4 Å². The van der Waals surface area contributed by atoms with E-state index in [4.69, 9.17) is 4.98 Å². The molecule has 2 heterocycles. The summed E-state index contributed by atoms with van der Waals surface area (Å²) >= 11 is 3.17. The number of thioether (sulfide) groups is 1. The first-order chi connectivity index (χ1) is 15.0. The number of benzene rings is 2. The molecule has 0 radical (unpaired) electrons. The number of fused-ring (bicyclic) bond motifs is 1. The molecular weight excluding hydrogens is 424 g/mol. The van der Waals surface area contributed by atoms with Crippen LogP contribution in [-0.2, 0) is 23.5 Å². The molecule has 0 aliphatic heterocycles. The quantitative estimate of drug-likeness (QED) is 0.275. The van der Waals surface area contributed by atoms with Gasteiger partial charge in [0.25, 0.3) is 0 Å². The van der Waals surface area contributed by atoms with Gasteiger partial charge in [0.1, 0.15) is 5.01 Å². The first-order valence-corrected chi connectivity index (χ1v) is 11.9. The molecular formula is C24H24N4OS2. The number of amides is 1. The van der Waals surface area contributed by atoms with Crippen molar-refractivity contribution in [3.63, 3.8) is 0 Å². The third-order valence-corrected chi connectivity index (χ3v) is 6.77. The lowest BCUT2D eigenvalue weighted by atomic mass is 10.1. The number of imidazole rings is 1. The van der Waals surface area contributed by atoms with E-state index in [-0.39, 0.29) is 12.3 Å². The van der Waals surface area contributed by atoms with Gasteiger partial charge in [-0.1, -0.05) is 42.1 Å². The number of carbonyl (C=O) groups excluding carboxylic acids is 1.